The van der Waals surface area contributed by atoms with E-state index in [2.05, 4.69) is 33.8 Å². The first-order chi connectivity index (χ1) is 8.74. The lowest BCUT2D eigenvalue weighted by Crippen LogP contribution is -2.05. The second-order valence-corrected chi connectivity index (χ2v) is 4.07. The molecule has 0 aliphatic heterocycles. The third-order valence-corrected chi connectivity index (χ3v) is 2.70. The second-order valence-electron chi connectivity index (χ2n) is 4.07. The van der Waals surface area contributed by atoms with Gasteiger partial charge in [0, 0.05) is 24.4 Å². The Morgan fingerprint density at radius 2 is 2.00 bits per heavy atom. The van der Waals surface area contributed by atoms with Crippen LogP contribution in [0.3, 0.4) is 0 Å². The largest absolute Gasteiger partial charge is 0.368 e. The maximum Gasteiger partial charge on any atom is 0.223 e. The molecule has 2 N–H and O–H groups in total. The highest BCUT2D eigenvalue weighted by atomic mass is 15.1. The fraction of sp³-hybridized carbons (Fsp3) is 0.385. The Bertz CT molecular complexity index is 539. The van der Waals surface area contributed by atoms with E-state index in [1.54, 1.807) is 6.20 Å². The van der Waals surface area contributed by atoms with Gasteiger partial charge in [-0.15, -0.1) is 0 Å². The Balaban J connectivity index is 2.49. The predicted octanol–water partition coefficient (Wildman–Crippen LogP) is 2.03. The zero-order valence-electron chi connectivity index (χ0n) is 10.7. The molecule has 18 heavy (non-hydrogen) atoms. The first-order valence-electron chi connectivity index (χ1n) is 6.18. The number of nitrogen functional groups attached to an aromatic ring is 1. The lowest BCUT2D eigenvalue weighted by atomic mass is 10.1. The van der Waals surface area contributed by atoms with Crippen LogP contribution in [0.1, 0.15) is 31.7 Å². The van der Waals surface area contributed by atoms with E-state index in [1.165, 1.54) is 0 Å². The number of nitrogens with two attached hydrogens (primary N) is 1. The van der Waals surface area contributed by atoms with Crippen molar-refractivity contribution in [1.82, 2.24) is 19.9 Å². The zero-order chi connectivity index (χ0) is 13.0. The number of aryl methyl sites for hydroxylation is 2. The van der Waals surface area contributed by atoms with Gasteiger partial charge < -0.3 is 5.73 Å². The fourth-order valence-electron chi connectivity index (χ4n) is 1.82. The molecule has 94 valence electrons. The van der Waals surface area contributed by atoms with Crippen LogP contribution < -0.4 is 5.73 Å². The van der Waals surface area contributed by atoms with Crippen LogP contribution in [-0.2, 0) is 12.8 Å². The predicted molar refractivity (Wildman–Crippen MR) is 70.8 cm³/mol. The van der Waals surface area contributed by atoms with Crippen molar-refractivity contribution in [2.24, 2.45) is 0 Å². The van der Waals surface area contributed by atoms with Crippen LogP contribution in [0.2, 0.25) is 0 Å². The SMILES string of the molecule is CCCc1nc(N)nc(-c2ccncc2CC)n1. The van der Waals surface area contributed by atoms with Crippen molar-refractivity contribution in [3.63, 3.8) is 0 Å². The molecule has 2 rings (SSSR count). The summed E-state index contributed by atoms with van der Waals surface area (Å²) in [6.45, 7) is 4.17. The molecule has 0 saturated heterocycles. The van der Waals surface area contributed by atoms with Crippen molar-refractivity contribution in [2.45, 2.75) is 33.1 Å². The number of anilines is 1. The van der Waals surface area contributed by atoms with Crippen LogP contribution >= 0.6 is 0 Å². The molecule has 0 aromatic carbocycles. The summed E-state index contributed by atoms with van der Waals surface area (Å²) in [6, 6.07) is 1.92. The number of rotatable bonds is 4. The minimum atomic E-state index is 0.280. The molecule has 5 heteroatoms. The van der Waals surface area contributed by atoms with Crippen LogP contribution in [0.4, 0.5) is 5.95 Å². The first-order valence-corrected chi connectivity index (χ1v) is 6.18. The Kier molecular flexibility index (Phi) is 3.82. The van der Waals surface area contributed by atoms with E-state index in [-0.39, 0.29) is 5.95 Å². The van der Waals surface area contributed by atoms with Gasteiger partial charge in [-0.3, -0.25) is 4.98 Å². The third kappa shape index (κ3) is 2.61. The molecule has 0 amide bonds. The smallest absolute Gasteiger partial charge is 0.223 e. The van der Waals surface area contributed by atoms with E-state index >= 15 is 0 Å². The van der Waals surface area contributed by atoms with Gasteiger partial charge in [0.15, 0.2) is 5.82 Å². The third-order valence-electron chi connectivity index (χ3n) is 2.70. The maximum atomic E-state index is 5.74. The number of hydrogen-bond acceptors (Lipinski definition) is 5. The van der Waals surface area contributed by atoms with E-state index in [1.807, 2.05) is 12.3 Å². The fourth-order valence-corrected chi connectivity index (χ4v) is 1.82. The quantitative estimate of drug-likeness (QED) is 0.889. The van der Waals surface area contributed by atoms with Crippen LogP contribution in [0, 0.1) is 0 Å². The van der Waals surface area contributed by atoms with Crippen molar-refractivity contribution < 1.29 is 0 Å². The van der Waals surface area contributed by atoms with Crippen molar-refractivity contribution in [3.05, 3.63) is 29.8 Å². The molecule has 0 saturated carbocycles. The van der Waals surface area contributed by atoms with Gasteiger partial charge in [-0.1, -0.05) is 13.8 Å². The number of pyridine rings is 1. The maximum absolute atomic E-state index is 5.74. The molecule has 0 spiro atoms. The van der Waals surface area contributed by atoms with Crippen molar-refractivity contribution in [1.29, 1.82) is 0 Å². The van der Waals surface area contributed by atoms with Gasteiger partial charge in [-0.05, 0) is 24.5 Å². The highest BCUT2D eigenvalue weighted by Crippen LogP contribution is 2.20. The minimum absolute atomic E-state index is 0.280. The molecule has 0 fully saturated rings. The van der Waals surface area contributed by atoms with Gasteiger partial charge in [0.1, 0.15) is 5.82 Å². The average Bonchev–Trinajstić information content (AvgIpc) is 2.38. The van der Waals surface area contributed by atoms with Crippen molar-refractivity contribution in [3.8, 4) is 11.4 Å². The molecule has 2 aromatic heterocycles. The van der Waals surface area contributed by atoms with Gasteiger partial charge in [-0.2, -0.15) is 9.97 Å². The number of aromatic nitrogens is 4. The summed E-state index contributed by atoms with van der Waals surface area (Å²) in [6.07, 6.45) is 6.27. The molecule has 5 nitrogen and oxygen atoms in total. The van der Waals surface area contributed by atoms with Gasteiger partial charge in [-0.25, -0.2) is 4.98 Å². The highest BCUT2D eigenvalue weighted by Gasteiger charge is 2.09. The number of nitrogens with zero attached hydrogens (tertiary/aromatic N) is 4. The number of hydrogen-bond donors (Lipinski definition) is 1. The average molecular weight is 243 g/mol. The zero-order valence-corrected chi connectivity index (χ0v) is 10.7. The summed E-state index contributed by atoms with van der Waals surface area (Å²) >= 11 is 0. The van der Waals surface area contributed by atoms with Crippen LogP contribution in [0.25, 0.3) is 11.4 Å². The molecule has 0 radical (unpaired) electrons. The van der Waals surface area contributed by atoms with Gasteiger partial charge in [0.2, 0.25) is 5.95 Å². The summed E-state index contributed by atoms with van der Waals surface area (Å²) in [7, 11) is 0. The molecule has 0 unspecified atom stereocenters. The normalized spacial score (nSPS) is 10.6. The summed E-state index contributed by atoms with van der Waals surface area (Å²) < 4.78 is 0. The Morgan fingerprint density at radius 3 is 2.72 bits per heavy atom. The van der Waals surface area contributed by atoms with Crippen molar-refractivity contribution >= 4 is 5.95 Å². The van der Waals surface area contributed by atoms with E-state index < -0.39 is 0 Å². The molecule has 0 atom stereocenters. The summed E-state index contributed by atoms with van der Waals surface area (Å²) in [5.41, 5.74) is 7.84. The first kappa shape index (κ1) is 12.4. The molecule has 0 aliphatic rings. The Hall–Kier alpha value is -2.04. The van der Waals surface area contributed by atoms with Gasteiger partial charge in [0.05, 0.1) is 0 Å². The summed E-state index contributed by atoms with van der Waals surface area (Å²) in [5, 5.41) is 0. The van der Waals surface area contributed by atoms with Gasteiger partial charge >= 0.3 is 0 Å². The molecular formula is C13H17N5. The highest BCUT2D eigenvalue weighted by molar-refractivity contribution is 5.59. The van der Waals surface area contributed by atoms with Crippen molar-refractivity contribution in [2.75, 3.05) is 5.73 Å². The van der Waals surface area contributed by atoms with E-state index in [0.717, 1.165) is 36.2 Å². The monoisotopic (exact) mass is 243 g/mol. The van der Waals surface area contributed by atoms with Crippen LogP contribution in [0.15, 0.2) is 18.5 Å². The molecule has 2 heterocycles. The standard InChI is InChI=1S/C13H17N5/c1-3-5-11-16-12(18-13(14)17-11)10-6-7-15-8-9(10)4-2/h6-8H,3-5H2,1-2H3,(H2,14,16,17,18). The van der Waals surface area contributed by atoms with Crippen LogP contribution in [-0.4, -0.2) is 19.9 Å². The molecular weight excluding hydrogens is 226 g/mol. The molecule has 2 aromatic rings. The summed E-state index contributed by atoms with van der Waals surface area (Å²) in [4.78, 5) is 17.0. The van der Waals surface area contributed by atoms with E-state index in [9.17, 15) is 0 Å². The molecule has 0 aliphatic carbocycles. The second kappa shape index (κ2) is 5.53. The summed E-state index contributed by atoms with van der Waals surface area (Å²) in [5.74, 6) is 1.67. The molecule has 0 bridgehead atoms. The lowest BCUT2D eigenvalue weighted by molar-refractivity contribution is 0.824. The Labute approximate surface area is 107 Å². The Morgan fingerprint density at radius 1 is 1.17 bits per heavy atom. The lowest BCUT2D eigenvalue weighted by Gasteiger charge is -2.07. The minimum Gasteiger partial charge on any atom is -0.368 e. The van der Waals surface area contributed by atoms with E-state index in [4.69, 9.17) is 5.73 Å². The van der Waals surface area contributed by atoms with Crippen LogP contribution in [0.5, 0.6) is 0 Å². The van der Waals surface area contributed by atoms with Gasteiger partial charge in [0.25, 0.3) is 0 Å². The van der Waals surface area contributed by atoms with E-state index in [0.29, 0.717) is 5.82 Å². The topological polar surface area (TPSA) is 77.6 Å².